The van der Waals surface area contributed by atoms with Crippen LogP contribution in [0.5, 0.6) is 0 Å². The van der Waals surface area contributed by atoms with Crippen molar-refractivity contribution in [1.29, 1.82) is 0 Å². The predicted octanol–water partition coefficient (Wildman–Crippen LogP) is 2.48. The average Bonchev–Trinajstić information content (AvgIpc) is 2.31. The molecule has 0 saturated carbocycles. The van der Waals surface area contributed by atoms with Gasteiger partial charge in [-0.1, -0.05) is 22.0 Å². The number of piperazine rings is 1. The van der Waals surface area contributed by atoms with Crippen LogP contribution in [0.1, 0.15) is 19.4 Å². The van der Waals surface area contributed by atoms with Crippen LogP contribution in [0, 0.1) is 0 Å². The molecule has 1 fully saturated rings. The lowest BCUT2D eigenvalue weighted by Gasteiger charge is -2.41. The second kappa shape index (κ2) is 6.25. The Labute approximate surface area is 124 Å². The zero-order valence-corrected chi connectivity index (χ0v) is 13.7. The summed E-state index contributed by atoms with van der Waals surface area (Å²) in [6.45, 7) is 7.68. The Balaban J connectivity index is 2.29. The standard InChI is InChI=1S/C15H24BrN3/c1-11(17)8-13-4-5-14(16)9-15(13)19-7-6-18(3)10-12(19)2/h4-5,9,11-12H,6-8,10,17H2,1-3H3. The van der Waals surface area contributed by atoms with E-state index in [-0.39, 0.29) is 6.04 Å². The fraction of sp³-hybridized carbons (Fsp3) is 0.600. The molecule has 0 spiro atoms. The summed E-state index contributed by atoms with van der Waals surface area (Å²) in [5, 5.41) is 0. The van der Waals surface area contributed by atoms with Gasteiger partial charge in [0.15, 0.2) is 0 Å². The predicted molar refractivity (Wildman–Crippen MR) is 85.8 cm³/mol. The van der Waals surface area contributed by atoms with Crippen LogP contribution in [0.4, 0.5) is 5.69 Å². The average molecular weight is 326 g/mol. The van der Waals surface area contributed by atoms with E-state index in [0.29, 0.717) is 6.04 Å². The van der Waals surface area contributed by atoms with Gasteiger partial charge < -0.3 is 15.5 Å². The van der Waals surface area contributed by atoms with E-state index in [9.17, 15) is 0 Å². The van der Waals surface area contributed by atoms with E-state index in [1.807, 2.05) is 0 Å². The van der Waals surface area contributed by atoms with E-state index in [1.54, 1.807) is 0 Å². The lowest BCUT2D eigenvalue weighted by molar-refractivity contribution is 0.275. The van der Waals surface area contributed by atoms with E-state index < -0.39 is 0 Å². The molecule has 2 rings (SSSR count). The highest BCUT2D eigenvalue weighted by Crippen LogP contribution is 2.29. The lowest BCUT2D eigenvalue weighted by Crippen LogP contribution is -2.50. The molecule has 4 heteroatoms. The molecular formula is C15H24BrN3. The number of benzene rings is 1. The van der Waals surface area contributed by atoms with Gasteiger partial charge in [0.1, 0.15) is 0 Å². The third kappa shape index (κ3) is 3.71. The Morgan fingerprint density at radius 2 is 2.16 bits per heavy atom. The molecule has 19 heavy (non-hydrogen) atoms. The summed E-state index contributed by atoms with van der Waals surface area (Å²) < 4.78 is 1.14. The van der Waals surface area contributed by atoms with Gasteiger partial charge in [-0.25, -0.2) is 0 Å². The van der Waals surface area contributed by atoms with Crippen LogP contribution in [0.3, 0.4) is 0 Å². The van der Waals surface area contributed by atoms with Crippen molar-refractivity contribution in [3.05, 3.63) is 28.2 Å². The Morgan fingerprint density at radius 3 is 2.79 bits per heavy atom. The first-order valence-electron chi connectivity index (χ1n) is 6.96. The Bertz CT molecular complexity index is 433. The summed E-state index contributed by atoms with van der Waals surface area (Å²) in [6.07, 6.45) is 0.932. The van der Waals surface area contributed by atoms with Crippen molar-refractivity contribution in [3.63, 3.8) is 0 Å². The number of nitrogens with zero attached hydrogens (tertiary/aromatic N) is 2. The zero-order valence-electron chi connectivity index (χ0n) is 12.1. The molecule has 0 radical (unpaired) electrons. The van der Waals surface area contributed by atoms with Gasteiger partial charge in [0.05, 0.1) is 0 Å². The highest BCUT2D eigenvalue weighted by atomic mass is 79.9. The molecule has 0 amide bonds. The topological polar surface area (TPSA) is 32.5 Å². The van der Waals surface area contributed by atoms with Crippen molar-refractivity contribution in [1.82, 2.24) is 4.90 Å². The molecule has 1 aromatic rings. The highest BCUT2D eigenvalue weighted by molar-refractivity contribution is 9.10. The highest BCUT2D eigenvalue weighted by Gasteiger charge is 2.23. The van der Waals surface area contributed by atoms with E-state index >= 15 is 0 Å². The molecule has 2 atom stereocenters. The summed E-state index contributed by atoms with van der Waals surface area (Å²) >= 11 is 3.59. The third-order valence-corrected chi connectivity index (χ3v) is 4.22. The van der Waals surface area contributed by atoms with Gasteiger partial charge in [-0.2, -0.15) is 0 Å². The van der Waals surface area contributed by atoms with Gasteiger partial charge in [0.2, 0.25) is 0 Å². The Hall–Kier alpha value is -0.580. The molecule has 0 bridgehead atoms. The molecule has 0 aromatic heterocycles. The normalized spacial score (nSPS) is 22.6. The second-order valence-corrected chi connectivity index (χ2v) is 6.67. The van der Waals surface area contributed by atoms with Crippen molar-refractivity contribution in [2.45, 2.75) is 32.4 Å². The van der Waals surface area contributed by atoms with Crippen LogP contribution in [0.15, 0.2) is 22.7 Å². The lowest BCUT2D eigenvalue weighted by atomic mass is 10.0. The summed E-state index contributed by atoms with van der Waals surface area (Å²) in [5.41, 5.74) is 8.68. The van der Waals surface area contributed by atoms with Crippen molar-refractivity contribution in [3.8, 4) is 0 Å². The minimum Gasteiger partial charge on any atom is -0.366 e. The molecule has 2 N–H and O–H groups in total. The van der Waals surface area contributed by atoms with Crippen LogP contribution < -0.4 is 10.6 Å². The van der Waals surface area contributed by atoms with Crippen LogP contribution in [-0.2, 0) is 6.42 Å². The molecule has 1 aliphatic heterocycles. The summed E-state index contributed by atoms with van der Waals surface area (Å²) in [5.74, 6) is 0. The SMILES string of the molecule is CC(N)Cc1ccc(Br)cc1N1CCN(C)CC1C. The van der Waals surface area contributed by atoms with Gasteiger partial charge in [-0.15, -0.1) is 0 Å². The smallest absolute Gasteiger partial charge is 0.0413 e. The van der Waals surface area contributed by atoms with Crippen LogP contribution in [0.25, 0.3) is 0 Å². The Morgan fingerprint density at radius 1 is 1.42 bits per heavy atom. The molecule has 2 unspecified atom stereocenters. The fourth-order valence-electron chi connectivity index (χ4n) is 2.82. The molecule has 106 valence electrons. The van der Waals surface area contributed by atoms with Crippen LogP contribution in [0.2, 0.25) is 0 Å². The number of nitrogens with two attached hydrogens (primary N) is 1. The maximum Gasteiger partial charge on any atom is 0.0413 e. The van der Waals surface area contributed by atoms with Gasteiger partial charge in [0, 0.05) is 41.9 Å². The fourth-order valence-corrected chi connectivity index (χ4v) is 3.17. The van der Waals surface area contributed by atoms with Crippen LogP contribution >= 0.6 is 15.9 Å². The molecule has 0 aliphatic carbocycles. The first-order valence-corrected chi connectivity index (χ1v) is 7.76. The molecule has 1 aliphatic rings. The summed E-state index contributed by atoms with van der Waals surface area (Å²) in [7, 11) is 2.19. The quantitative estimate of drug-likeness (QED) is 0.926. The number of rotatable bonds is 3. The van der Waals surface area contributed by atoms with Gasteiger partial charge in [-0.05, 0) is 45.0 Å². The number of likely N-dealkylation sites (N-methyl/N-ethyl adjacent to an activating group) is 1. The van der Waals surface area contributed by atoms with Crippen molar-refractivity contribution < 1.29 is 0 Å². The summed E-state index contributed by atoms with van der Waals surface area (Å²) in [6, 6.07) is 7.29. The second-order valence-electron chi connectivity index (χ2n) is 5.76. The molecule has 1 aromatic carbocycles. The van der Waals surface area contributed by atoms with Gasteiger partial charge in [0.25, 0.3) is 0 Å². The number of hydrogen-bond acceptors (Lipinski definition) is 3. The van der Waals surface area contributed by atoms with E-state index in [1.165, 1.54) is 11.3 Å². The number of hydrogen-bond donors (Lipinski definition) is 1. The minimum absolute atomic E-state index is 0.197. The first-order chi connectivity index (χ1) is 8.97. The minimum atomic E-state index is 0.197. The monoisotopic (exact) mass is 325 g/mol. The zero-order chi connectivity index (χ0) is 14.0. The largest absolute Gasteiger partial charge is 0.366 e. The summed E-state index contributed by atoms with van der Waals surface area (Å²) in [4.78, 5) is 4.91. The Kier molecular flexibility index (Phi) is 4.87. The maximum atomic E-state index is 5.98. The number of anilines is 1. The van der Waals surface area contributed by atoms with E-state index in [0.717, 1.165) is 30.5 Å². The van der Waals surface area contributed by atoms with Crippen molar-refractivity contribution in [2.75, 3.05) is 31.6 Å². The van der Waals surface area contributed by atoms with E-state index in [2.05, 4.69) is 64.8 Å². The number of halogens is 1. The molecule has 3 nitrogen and oxygen atoms in total. The van der Waals surface area contributed by atoms with E-state index in [4.69, 9.17) is 5.73 Å². The molecular weight excluding hydrogens is 302 g/mol. The van der Waals surface area contributed by atoms with Crippen molar-refractivity contribution >= 4 is 21.6 Å². The molecule has 1 saturated heterocycles. The van der Waals surface area contributed by atoms with Gasteiger partial charge in [-0.3, -0.25) is 0 Å². The van der Waals surface area contributed by atoms with Gasteiger partial charge >= 0.3 is 0 Å². The molecule has 1 heterocycles. The third-order valence-electron chi connectivity index (χ3n) is 3.73. The van der Waals surface area contributed by atoms with Crippen molar-refractivity contribution in [2.24, 2.45) is 5.73 Å². The van der Waals surface area contributed by atoms with Crippen LogP contribution in [-0.4, -0.2) is 43.7 Å². The first kappa shape index (κ1) is 14.8. The maximum absolute atomic E-state index is 5.98.